The van der Waals surface area contributed by atoms with E-state index in [1.165, 1.54) is 12.8 Å². The molecule has 0 aromatic carbocycles. The Hall–Kier alpha value is -0.160. The van der Waals surface area contributed by atoms with Gasteiger partial charge in [0.05, 0.1) is 6.61 Å². The molecule has 1 saturated heterocycles. The molecule has 1 N–H and O–H groups in total. The molecule has 1 fully saturated rings. The second kappa shape index (κ2) is 8.86. The van der Waals surface area contributed by atoms with Crippen molar-refractivity contribution >= 4 is 0 Å². The standard InChI is InChI=1S/C14H30N2O2/c1-4-16(8-11-17-5-2)13-14(12-15-3)6-9-18-10-7-14/h15H,4-13H2,1-3H3. The second-order valence-corrected chi connectivity index (χ2v) is 5.21. The van der Waals surface area contributed by atoms with Gasteiger partial charge >= 0.3 is 0 Å². The Kier molecular flexibility index (Phi) is 7.82. The number of likely N-dealkylation sites (N-methyl/N-ethyl adjacent to an activating group) is 1. The topological polar surface area (TPSA) is 33.7 Å². The third-order valence-electron chi connectivity index (χ3n) is 3.87. The van der Waals surface area contributed by atoms with Gasteiger partial charge in [-0.05, 0) is 38.8 Å². The molecule has 0 atom stereocenters. The zero-order valence-corrected chi connectivity index (χ0v) is 12.3. The molecule has 4 nitrogen and oxygen atoms in total. The van der Waals surface area contributed by atoms with E-state index in [4.69, 9.17) is 9.47 Å². The van der Waals surface area contributed by atoms with Crippen molar-refractivity contribution in [3.05, 3.63) is 0 Å². The van der Waals surface area contributed by atoms with Crippen molar-refractivity contribution < 1.29 is 9.47 Å². The van der Waals surface area contributed by atoms with Gasteiger partial charge in [-0.15, -0.1) is 0 Å². The largest absolute Gasteiger partial charge is 0.381 e. The summed E-state index contributed by atoms with van der Waals surface area (Å²) in [5.74, 6) is 0. The van der Waals surface area contributed by atoms with E-state index in [2.05, 4.69) is 24.1 Å². The minimum absolute atomic E-state index is 0.384. The fraction of sp³-hybridized carbons (Fsp3) is 1.00. The minimum atomic E-state index is 0.384. The maximum absolute atomic E-state index is 5.51. The zero-order valence-electron chi connectivity index (χ0n) is 12.3. The number of rotatable bonds is 9. The molecule has 18 heavy (non-hydrogen) atoms. The van der Waals surface area contributed by atoms with E-state index in [1.54, 1.807) is 0 Å². The fourth-order valence-electron chi connectivity index (χ4n) is 2.73. The van der Waals surface area contributed by atoms with Gasteiger partial charge in [-0.1, -0.05) is 6.92 Å². The highest BCUT2D eigenvalue weighted by atomic mass is 16.5. The Bertz CT molecular complexity index is 200. The third kappa shape index (κ3) is 5.22. The predicted molar refractivity (Wildman–Crippen MR) is 75.0 cm³/mol. The van der Waals surface area contributed by atoms with E-state index >= 15 is 0 Å². The molecule has 108 valence electrons. The number of hydrogen-bond donors (Lipinski definition) is 1. The van der Waals surface area contributed by atoms with Crippen molar-refractivity contribution in [2.24, 2.45) is 5.41 Å². The highest BCUT2D eigenvalue weighted by molar-refractivity contribution is 4.86. The van der Waals surface area contributed by atoms with Crippen molar-refractivity contribution in [1.82, 2.24) is 10.2 Å². The van der Waals surface area contributed by atoms with E-state index in [1.807, 2.05) is 7.05 Å². The van der Waals surface area contributed by atoms with Crippen LogP contribution in [0.2, 0.25) is 0 Å². The molecule has 0 radical (unpaired) electrons. The molecule has 4 heteroatoms. The van der Waals surface area contributed by atoms with E-state index in [0.717, 1.165) is 52.6 Å². The summed E-state index contributed by atoms with van der Waals surface area (Å²) < 4.78 is 11.0. The molecule has 1 rings (SSSR count). The van der Waals surface area contributed by atoms with Gasteiger partial charge in [-0.3, -0.25) is 0 Å². The summed E-state index contributed by atoms with van der Waals surface area (Å²) in [5.41, 5.74) is 0.384. The first-order chi connectivity index (χ1) is 8.76. The van der Waals surface area contributed by atoms with Crippen LogP contribution < -0.4 is 5.32 Å². The monoisotopic (exact) mass is 258 g/mol. The van der Waals surface area contributed by atoms with Crippen LogP contribution in [0.25, 0.3) is 0 Å². The molecule has 0 unspecified atom stereocenters. The van der Waals surface area contributed by atoms with Crippen LogP contribution in [0.3, 0.4) is 0 Å². The lowest BCUT2D eigenvalue weighted by molar-refractivity contribution is -0.00701. The molecule has 1 aliphatic rings. The van der Waals surface area contributed by atoms with Gasteiger partial charge in [0.15, 0.2) is 0 Å². The van der Waals surface area contributed by atoms with Crippen molar-refractivity contribution in [3.8, 4) is 0 Å². The first-order valence-corrected chi connectivity index (χ1v) is 7.29. The summed E-state index contributed by atoms with van der Waals surface area (Å²) in [7, 11) is 2.05. The first kappa shape index (κ1) is 15.9. The normalized spacial score (nSPS) is 19.3. The summed E-state index contributed by atoms with van der Waals surface area (Å²) in [4.78, 5) is 2.51. The predicted octanol–water partition coefficient (Wildman–Crippen LogP) is 1.36. The van der Waals surface area contributed by atoms with Gasteiger partial charge in [0.2, 0.25) is 0 Å². The average molecular weight is 258 g/mol. The fourth-order valence-corrected chi connectivity index (χ4v) is 2.73. The van der Waals surface area contributed by atoms with Gasteiger partial charge in [-0.25, -0.2) is 0 Å². The van der Waals surface area contributed by atoms with Crippen LogP contribution in [0, 0.1) is 5.41 Å². The molecule has 0 bridgehead atoms. The van der Waals surface area contributed by atoms with Crippen LogP contribution in [0.4, 0.5) is 0 Å². The minimum Gasteiger partial charge on any atom is -0.381 e. The second-order valence-electron chi connectivity index (χ2n) is 5.21. The van der Waals surface area contributed by atoms with Gasteiger partial charge in [-0.2, -0.15) is 0 Å². The molecule has 0 aromatic heterocycles. The smallest absolute Gasteiger partial charge is 0.0593 e. The Morgan fingerprint density at radius 1 is 1.28 bits per heavy atom. The molecule has 0 saturated carbocycles. The third-order valence-corrected chi connectivity index (χ3v) is 3.87. The summed E-state index contributed by atoms with van der Waals surface area (Å²) >= 11 is 0. The molecule has 0 amide bonds. The van der Waals surface area contributed by atoms with E-state index in [9.17, 15) is 0 Å². The SMILES string of the molecule is CCOCCN(CC)CC1(CNC)CCOCC1. The summed E-state index contributed by atoms with van der Waals surface area (Å²) in [6.07, 6.45) is 2.33. The lowest BCUT2D eigenvalue weighted by Crippen LogP contribution is -2.47. The van der Waals surface area contributed by atoms with E-state index < -0.39 is 0 Å². The van der Waals surface area contributed by atoms with Crippen molar-refractivity contribution in [3.63, 3.8) is 0 Å². The van der Waals surface area contributed by atoms with Crippen LogP contribution in [0.5, 0.6) is 0 Å². The molecular weight excluding hydrogens is 228 g/mol. The summed E-state index contributed by atoms with van der Waals surface area (Å²) in [6.45, 7) is 12.1. The van der Waals surface area contributed by atoms with Crippen LogP contribution in [0.15, 0.2) is 0 Å². The average Bonchev–Trinajstić information content (AvgIpc) is 2.39. The van der Waals surface area contributed by atoms with Crippen LogP contribution in [-0.2, 0) is 9.47 Å². The Balaban J connectivity index is 2.45. The summed E-state index contributed by atoms with van der Waals surface area (Å²) in [6, 6.07) is 0. The summed E-state index contributed by atoms with van der Waals surface area (Å²) in [5, 5.41) is 3.36. The van der Waals surface area contributed by atoms with Crippen LogP contribution >= 0.6 is 0 Å². The maximum Gasteiger partial charge on any atom is 0.0593 e. The number of hydrogen-bond acceptors (Lipinski definition) is 4. The first-order valence-electron chi connectivity index (χ1n) is 7.29. The molecule has 0 aliphatic carbocycles. The lowest BCUT2D eigenvalue weighted by atomic mass is 9.79. The number of nitrogens with one attached hydrogen (secondary N) is 1. The lowest BCUT2D eigenvalue weighted by Gasteiger charge is -2.40. The number of nitrogens with zero attached hydrogens (tertiary/aromatic N) is 1. The highest BCUT2D eigenvalue weighted by Crippen LogP contribution is 2.30. The number of ether oxygens (including phenoxy) is 2. The maximum atomic E-state index is 5.51. The van der Waals surface area contributed by atoms with Gasteiger partial charge in [0.25, 0.3) is 0 Å². The molecular formula is C14H30N2O2. The van der Waals surface area contributed by atoms with Crippen LogP contribution in [-0.4, -0.2) is 64.6 Å². The Morgan fingerprint density at radius 3 is 2.56 bits per heavy atom. The molecule has 1 heterocycles. The Labute approximate surface area is 112 Å². The van der Waals surface area contributed by atoms with Gasteiger partial charge in [0.1, 0.15) is 0 Å². The highest BCUT2D eigenvalue weighted by Gasteiger charge is 2.33. The van der Waals surface area contributed by atoms with E-state index in [-0.39, 0.29) is 0 Å². The molecule has 0 aromatic rings. The van der Waals surface area contributed by atoms with Crippen LogP contribution in [0.1, 0.15) is 26.7 Å². The van der Waals surface area contributed by atoms with Gasteiger partial charge in [0, 0.05) is 39.5 Å². The van der Waals surface area contributed by atoms with E-state index in [0.29, 0.717) is 5.41 Å². The molecule has 0 spiro atoms. The zero-order chi connectivity index (χ0) is 13.3. The molecule has 1 aliphatic heterocycles. The quantitative estimate of drug-likeness (QED) is 0.633. The van der Waals surface area contributed by atoms with Crippen molar-refractivity contribution in [2.75, 3.05) is 59.7 Å². The van der Waals surface area contributed by atoms with Crippen molar-refractivity contribution in [2.45, 2.75) is 26.7 Å². The van der Waals surface area contributed by atoms with Crippen molar-refractivity contribution in [1.29, 1.82) is 0 Å². The Morgan fingerprint density at radius 2 is 2.00 bits per heavy atom. The van der Waals surface area contributed by atoms with Gasteiger partial charge < -0.3 is 19.7 Å².